The van der Waals surface area contributed by atoms with Crippen LogP contribution in [0.25, 0.3) is 0 Å². The Hall–Kier alpha value is -5.93. The maximum atomic E-state index is 14.1. The minimum atomic E-state index is -6.08. The van der Waals surface area contributed by atoms with Crippen molar-refractivity contribution in [3.8, 4) is 0 Å². The minimum absolute atomic E-state index is 0.0308. The van der Waals surface area contributed by atoms with Gasteiger partial charge in [0.25, 0.3) is 37.6 Å². The molecule has 19 nitrogen and oxygen atoms in total. The monoisotopic (exact) mass is 1090 g/mol. The number of carbonyl (C=O) groups excluding carboxylic acids is 5. The van der Waals surface area contributed by atoms with Crippen molar-refractivity contribution in [3.63, 3.8) is 0 Å². The maximum Gasteiger partial charge on any atom is 0.501 e. The molecular weight excluding hydrogens is 1030 g/mol. The average molecular weight is 1090 g/mol. The normalized spacial score (nSPS) is 17.2. The summed E-state index contributed by atoms with van der Waals surface area (Å²) in [6.07, 6.45) is 0.499. The Labute approximate surface area is 430 Å². The van der Waals surface area contributed by atoms with E-state index in [0.717, 1.165) is 35.0 Å². The van der Waals surface area contributed by atoms with Crippen molar-refractivity contribution in [3.05, 3.63) is 114 Å². The first kappa shape index (κ1) is 55.8. The molecule has 0 aromatic heterocycles. The van der Waals surface area contributed by atoms with Crippen LogP contribution in [0, 0.1) is 0 Å². The number of amides is 5. The van der Waals surface area contributed by atoms with Gasteiger partial charge in [0.05, 0.1) is 61.4 Å². The molecule has 0 bridgehead atoms. The second-order valence-corrected chi connectivity index (χ2v) is 22.0. The number of hydrogen-bond donors (Lipinski definition) is 4. The zero-order valence-electron chi connectivity index (χ0n) is 40.0. The van der Waals surface area contributed by atoms with Crippen LogP contribution in [0.1, 0.15) is 50.3 Å². The van der Waals surface area contributed by atoms with E-state index >= 15 is 0 Å². The highest BCUT2D eigenvalue weighted by Gasteiger charge is 2.49. The van der Waals surface area contributed by atoms with E-state index in [9.17, 15) is 54.0 Å². The Kier molecular flexibility index (Phi) is 19.3. The molecule has 398 valence electrons. The lowest BCUT2D eigenvalue weighted by atomic mass is 10.0. The first-order chi connectivity index (χ1) is 35.4. The number of rotatable bonds is 26. The summed E-state index contributed by atoms with van der Waals surface area (Å²) in [7, 11) is -10.9. The summed E-state index contributed by atoms with van der Waals surface area (Å²) in [6.45, 7) is 6.49. The van der Waals surface area contributed by atoms with Crippen LogP contribution in [0.3, 0.4) is 0 Å². The van der Waals surface area contributed by atoms with Crippen LogP contribution in [0.4, 0.5) is 24.5 Å². The van der Waals surface area contributed by atoms with Crippen molar-refractivity contribution in [1.29, 1.82) is 0 Å². The molecule has 4 aromatic carbocycles. The van der Waals surface area contributed by atoms with E-state index in [-0.39, 0.29) is 36.1 Å². The number of benzene rings is 4. The Balaban J connectivity index is 0.812. The molecule has 3 aliphatic rings. The lowest BCUT2D eigenvalue weighted by Crippen LogP contribution is -2.54. The summed E-state index contributed by atoms with van der Waals surface area (Å²) in [6, 6.07) is 22.1. The maximum absolute atomic E-state index is 14.1. The van der Waals surface area contributed by atoms with Crippen molar-refractivity contribution < 1.29 is 68.2 Å². The third kappa shape index (κ3) is 14.5. The van der Waals surface area contributed by atoms with Crippen molar-refractivity contribution >= 4 is 72.5 Å². The summed E-state index contributed by atoms with van der Waals surface area (Å²) >= 11 is 1.42. The molecule has 0 radical (unpaired) electrons. The lowest BCUT2D eigenvalue weighted by Gasteiger charge is -2.35. The molecule has 25 heteroatoms. The highest BCUT2D eigenvalue weighted by atomic mass is 32.2. The van der Waals surface area contributed by atoms with Gasteiger partial charge in [-0.2, -0.15) is 13.2 Å². The van der Waals surface area contributed by atoms with Gasteiger partial charge in [0.2, 0.25) is 11.8 Å². The predicted molar refractivity (Wildman–Crippen MR) is 267 cm³/mol. The number of imide groups is 2. The molecule has 0 saturated carbocycles. The summed E-state index contributed by atoms with van der Waals surface area (Å²) < 4.78 is 114. The molecule has 4 aromatic rings. The molecule has 74 heavy (non-hydrogen) atoms. The van der Waals surface area contributed by atoms with E-state index in [0.29, 0.717) is 89.7 Å². The molecule has 5 amide bonds. The van der Waals surface area contributed by atoms with E-state index in [1.165, 1.54) is 42.1 Å². The van der Waals surface area contributed by atoms with E-state index < -0.39 is 82.5 Å². The smallest absolute Gasteiger partial charge is 0.382 e. The summed E-state index contributed by atoms with van der Waals surface area (Å²) in [4.78, 5) is 67.1. The molecule has 3 heterocycles. The molecule has 2 atom stereocenters. The van der Waals surface area contributed by atoms with E-state index in [2.05, 4.69) is 25.8 Å². The topological polar surface area (TPSA) is 239 Å². The molecule has 0 spiro atoms. The van der Waals surface area contributed by atoms with Crippen molar-refractivity contribution in [2.45, 2.75) is 51.5 Å². The van der Waals surface area contributed by atoms with Gasteiger partial charge >= 0.3 is 5.51 Å². The fourth-order valence-corrected chi connectivity index (χ4v) is 11.3. The molecule has 2 saturated heterocycles. The zero-order valence-corrected chi connectivity index (χ0v) is 42.5. The molecule has 4 N–H and O–H groups in total. The van der Waals surface area contributed by atoms with Gasteiger partial charge in [-0.3, -0.25) is 39.1 Å². The van der Waals surface area contributed by atoms with Crippen LogP contribution in [-0.4, -0.2) is 170 Å². The van der Waals surface area contributed by atoms with Crippen molar-refractivity contribution in [2.75, 3.05) is 102 Å². The number of sulfone groups is 1. The highest BCUT2D eigenvalue weighted by Crippen LogP contribution is 2.37. The van der Waals surface area contributed by atoms with Gasteiger partial charge < -0.3 is 29.7 Å². The molecular formula is C49H56F3N7O12S3. The van der Waals surface area contributed by atoms with Crippen LogP contribution in [-0.2, 0) is 43.7 Å². The van der Waals surface area contributed by atoms with Gasteiger partial charge in [0, 0.05) is 80.2 Å². The fourth-order valence-electron chi connectivity index (χ4n) is 8.33. The van der Waals surface area contributed by atoms with Crippen LogP contribution in [0.2, 0.25) is 0 Å². The Morgan fingerprint density at radius 2 is 1.38 bits per heavy atom. The van der Waals surface area contributed by atoms with E-state index in [1.807, 2.05) is 30.3 Å². The lowest BCUT2D eigenvalue weighted by molar-refractivity contribution is -0.136. The van der Waals surface area contributed by atoms with Gasteiger partial charge in [-0.25, -0.2) is 21.6 Å². The molecule has 0 unspecified atom stereocenters. The summed E-state index contributed by atoms with van der Waals surface area (Å²) in [5, 5.41) is 8.30. The second-order valence-electron chi connectivity index (χ2n) is 17.3. The number of hydrogen-bond acceptors (Lipinski definition) is 17. The quantitative estimate of drug-likeness (QED) is 0.0391. The van der Waals surface area contributed by atoms with Crippen LogP contribution in [0.5, 0.6) is 0 Å². The van der Waals surface area contributed by atoms with Gasteiger partial charge in [0.1, 0.15) is 10.9 Å². The number of fused-ring (bicyclic) bond motifs is 1. The SMILES string of the molecule is O=C1CC[C@@H](N2C(=O)c3cccc(NCCOCCOCCOCCN4CCN(CC[C@H](CSc5ccccc5)Nc5ccc(S(=O)(=O)NC(=O)c6ccccc6)cc5S(=O)(=O)C(F)(F)F)CC4)c3C2=O)C(=O)N1. The Bertz CT molecular complexity index is 2860. The first-order valence-electron chi connectivity index (χ1n) is 23.7. The number of sulfonamides is 1. The van der Waals surface area contributed by atoms with Gasteiger partial charge in [-0.05, 0) is 67.4 Å². The Morgan fingerprint density at radius 3 is 2.04 bits per heavy atom. The largest absolute Gasteiger partial charge is 0.501 e. The standard InChI is InChI=1S/C49H56F3N7O12S3/c50-49(51,52)73(65,66)42-32-37(74(67,68)56-45(61)34-8-3-1-4-9-34)14-15-39(42)54-35(33-72-36-10-5-2-6-11-36)18-20-57-21-23-58(24-22-57)25-27-70-29-31-71-30-28-69-26-19-53-40-13-7-12-38-44(40)48(64)59(47(38)63)41-16-17-43(60)55-46(41)62/h1-15,32,35,41,53-54H,16-31,33H2,(H,56,61)(H,55,60,62)/t35-,41-/m1/s1. The molecule has 0 aliphatic carbocycles. The van der Waals surface area contributed by atoms with Gasteiger partial charge in [0.15, 0.2) is 0 Å². The first-order valence-corrected chi connectivity index (χ1v) is 27.7. The number of nitrogens with zero attached hydrogens (tertiary/aromatic N) is 3. The van der Waals surface area contributed by atoms with Crippen LogP contribution in [0.15, 0.2) is 112 Å². The molecule has 7 rings (SSSR count). The second kappa shape index (κ2) is 25.5. The number of piperazine rings is 1. The number of nitrogens with one attached hydrogen (secondary N) is 4. The molecule has 3 aliphatic heterocycles. The number of piperidine rings is 1. The third-order valence-electron chi connectivity index (χ3n) is 12.3. The van der Waals surface area contributed by atoms with Crippen LogP contribution >= 0.6 is 11.8 Å². The van der Waals surface area contributed by atoms with Crippen molar-refractivity contribution in [2.24, 2.45) is 0 Å². The number of carbonyl (C=O) groups is 5. The van der Waals surface area contributed by atoms with Crippen molar-refractivity contribution in [1.82, 2.24) is 24.7 Å². The number of anilines is 2. The van der Waals surface area contributed by atoms with E-state index in [4.69, 9.17) is 14.2 Å². The average Bonchev–Trinajstić information content (AvgIpc) is 3.63. The minimum Gasteiger partial charge on any atom is -0.382 e. The number of thioether (sulfide) groups is 1. The van der Waals surface area contributed by atoms with Gasteiger partial charge in [-0.15, -0.1) is 11.8 Å². The number of alkyl halides is 3. The zero-order chi connectivity index (χ0) is 52.9. The number of halogens is 3. The summed E-state index contributed by atoms with van der Waals surface area (Å²) in [5.41, 5.74) is -5.44. The number of ether oxygens (including phenoxy) is 3. The predicted octanol–water partition coefficient (Wildman–Crippen LogP) is 4.24. The fraction of sp³-hybridized carbons (Fsp3) is 0.408. The Morgan fingerprint density at radius 1 is 0.743 bits per heavy atom. The van der Waals surface area contributed by atoms with E-state index in [1.54, 1.807) is 22.9 Å². The summed E-state index contributed by atoms with van der Waals surface area (Å²) in [5.74, 6) is -3.02. The van der Waals surface area contributed by atoms with Gasteiger partial charge in [-0.1, -0.05) is 42.5 Å². The molecule has 2 fully saturated rings. The highest BCUT2D eigenvalue weighted by molar-refractivity contribution is 7.99. The third-order valence-corrected chi connectivity index (χ3v) is 16.3. The van der Waals surface area contributed by atoms with Crippen LogP contribution < -0.4 is 20.7 Å².